The summed E-state index contributed by atoms with van der Waals surface area (Å²) in [4.78, 5) is 14.3. The van der Waals surface area contributed by atoms with E-state index in [1.165, 1.54) is 5.56 Å². The molecule has 110 valence electrons. The van der Waals surface area contributed by atoms with Gasteiger partial charge in [0.1, 0.15) is 12.3 Å². The first-order chi connectivity index (χ1) is 10.0. The van der Waals surface area contributed by atoms with Crippen LogP contribution in [0, 0.1) is 13.8 Å². The fraction of sp³-hybridized carbons (Fsp3) is 0.375. The molecule has 1 amide bonds. The molecule has 1 N–H and O–H groups in total. The Bertz CT molecular complexity index is 691. The number of rotatable bonds is 2. The molecule has 5 heteroatoms. The van der Waals surface area contributed by atoms with Crippen molar-refractivity contribution >= 4 is 5.91 Å². The minimum Gasteiger partial charge on any atom is -0.508 e. The average Bonchev–Trinajstić information content (AvgIpc) is 2.76. The second-order valence-electron chi connectivity index (χ2n) is 5.60. The monoisotopic (exact) mass is 285 g/mol. The number of carbonyl (C=O) groups is 1. The molecular weight excluding hydrogens is 266 g/mol. The topological polar surface area (TPSA) is 58.4 Å². The van der Waals surface area contributed by atoms with Crippen molar-refractivity contribution in [2.24, 2.45) is 0 Å². The number of aromatic nitrogens is 2. The van der Waals surface area contributed by atoms with Gasteiger partial charge in [0, 0.05) is 18.8 Å². The number of hydrogen-bond donors (Lipinski definition) is 1. The molecule has 21 heavy (non-hydrogen) atoms. The molecule has 0 spiro atoms. The zero-order chi connectivity index (χ0) is 15.0. The SMILES string of the molecule is Cc1cc(C)n(CC(=O)N2CCc3ccc(O)cc3C2)n1. The lowest BCUT2D eigenvalue weighted by Crippen LogP contribution is -2.38. The average molecular weight is 285 g/mol. The lowest BCUT2D eigenvalue weighted by molar-refractivity contribution is -0.133. The molecule has 0 saturated carbocycles. The third kappa shape index (κ3) is 2.77. The van der Waals surface area contributed by atoms with E-state index in [1.807, 2.05) is 30.9 Å². The van der Waals surface area contributed by atoms with Crippen molar-refractivity contribution in [1.29, 1.82) is 0 Å². The van der Waals surface area contributed by atoms with E-state index in [4.69, 9.17) is 0 Å². The Morgan fingerprint density at radius 2 is 2.10 bits per heavy atom. The van der Waals surface area contributed by atoms with Crippen LogP contribution in [0.15, 0.2) is 24.3 Å². The molecule has 0 bridgehead atoms. The zero-order valence-electron chi connectivity index (χ0n) is 12.3. The van der Waals surface area contributed by atoms with Crippen molar-refractivity contribution in [1.82, 2.24) is 14.7 Å². The number of aryl methyl sites for hydroxylation is 2. The summed E-state index contributed by atoms with van der Waals surface area (Å²) in [6, 6.07) is 7.36. The second kappa shape index (κ2) is 5.24. The molecule has 1 aromatic carbocycles. The number of fused-ring (bicyclic) bond motifs is 1. The van der Waals surface area contributed by atoms with Crippen LogP contribution in [0.3, 0.4) is 0 Å². The predicted molar refractivity (Wildman–Crippen MR) is 78.9 cm³/mol. The molecule has 1 aliphatic heterocycles. The normalized spacial score (nSPS) is 14.1. The molecular formula is C16H19N3O2. The molecule has 5 nitrogen and oxygen atoms in total. The summed E-state index contributed by atoms with van der Waals surface area (Å²) < 4.78 is 1.75. The summed E-state index contributed by atoms with van der Waals surface area (Å²) in [5.74, 6) is 0.316. The van der Waals surface area contributed by atoms with E-state index in [1.54, 1.807) is 16.8 Å². The highest BCUT2D eigenvalue weighted by Crippen LogP contribution is 2.23. The van der Waals surface area contributed by atoms with Gasteiger partial charge in [0.25, 0.3) is 0 Å². The fourth-order valence-corrected chi connectivity index (χ4v) is 2.82. The Morgan fingerprint density at radius 1 is 1.29 bits per heavy atom. The van der Waals surface area contributed by atoms with Gasteiger partial charge in [0.15, 0.2) is 0 Å². The number of aromatic hydroxyl groups is 1. The summed E-state index contributed by atoms with van der Waals surface area (Å²) in [5, 5.41) is 13.9. The Kier molecular flexibility index (Phi) is 3.41. The number of amides is 1. The van der Waals surface area contributed by atoms with Crippen molar-refractivity contribution < 1.29 is 9.90 Å². The summed E-state index contributed by atoms with van der Waals surface area (Å²) >= 11 is 0. The molecule has 2 heterocycles. The number of carbonyl (C=O) groups excluding carboxylic acids is 1. The van der Waals surface area contributed by atoms with Crippen molar-refractivity contribution in [2.75, 3.05) is 6.54 Å². The van der Waals surface area contributed by atoms with Gasteiger partial charge in [-0.25, -0.2) is 0 Å². The second-order valence-corrected chi connectivity index (χ2v) is 5.60. The first-order valence-electron chi connectivity index (χ1n) is 7.12. The molecule has 0 saturated heterocycles. The molecule has 3 rings (SSSR count). The van der Waals surface area contributed by atoms with Crippen LogP contribution in [0.2, 0.25) is 0 Å². The van der Waals surface area contributed by atoms with Crippen molar-refractivity contribution in [2.45, 2.75) is 33.4 Å². The largest absolute Gasteiger partial charge is 0.508 e. The van der Waals surface area contributed by atoms with Gasteiger partial charge >= 0.3 is 0 Å². The number of phenols is 1. The van der Waals surface area contributed by atoms with Gasteiger partial charge in [0.2, 0.25) is 5.91 Å². The predicted octanol–water partition coefficient (Wildman–Crippen LogP) is 1.79. The van der Waals surface area contributed by atoms with Crippen molar-refractivity contribution in [3.05, 3.63) is 46.8 Å². The van der Waals surface area contributed by atoms with Crippen LogP contribution in [-0.4, -0.2) is 32.2 Å². The van der Waals surface area contributed by atoms with Crippen molar-refractivity contribution in [3.63, 3.8) is 0 Å². The van der Waals surface area contributed by atoms with Gasteiger partial charge < -0.3 is 10.0 Å². The van der Waals surface area contributed by atoms with Crippen LogP contribution in [0.5, 0.6) is 5.75 Å². The Labute approximate surface area is 123 Å². The smallest absolute Gasteiger partial charge is 0.244 e. The van der Waals surface area contributed by atoms with Gasteiger partial charge in [-0.2, -0.15) is 5.10 Å². The summed E-state index contributed by atoms with van der Waals surface area (Å²) in [5.41, 5.74) is 4.16. The maximum Gasteiger partial charge on any atom is 0.244 e. The van der Waals surface area contributed by atoms with Crippen LogP contribution >= 0.6 is 0 Å². The van der Waals surface area contributed by atoms with Crippen LogP contribution in [0.4, 0.5) is 0 Å². The standard InChI is InChI=1S/C16H19N3O2/c1-11-7-12(2)19(17-11)10-16(21)18-6-5-13-3-4-15(20)8-14(13)9-18/h3-4,7-8,20H,5-6,9-10H2,1-2H3. The van der Waals surface area contributed by atoms with Gasteiger partial charge in [-0.15, -0.1) is 0 Å². The molecule has 1 aromatic heterocycles. The lowest BCUT2D eigenvalue weighted by atomic mass is 9.99. The first kappa shape index (κ1) is 13.7. The third-order valence-electron chi connectivity index (χ3n) is 3.94. The fourth-order valence-electron chi connectivity index (χ4n) is 2.82. The molecule has 0 unspecified atom stereocenters. The van der Waals surface area contributed by atoms with Gasteiger partial charge in [-0.3, -0.25) is 9.48 Å². The lowest BCUT2D eigenvalue weighted by Gasteiger charge is -2.29. The number of nitrogens with zero attached hydrogens (tertiary/aromatic N) is 3. The van der Waals surface area contributed by atoms with E-state index in [-0.39, 0.29) is 18.2 Å². The zero-order valence-corrected chi connectivity index (χ0v) is 12.3. The maximum absolute atomic E-state index is 12.4. The summed E-state index contributed by atoms with van der Waals surface area (Å²) in [7, 11) is 0. The number of benzene rings is 1. The minimum atomic E-state index is 0.0650. The van der Waals surface area contributed by atoms with Gasteiger partial charge in [0.05, 0.1) is 5.69 Å². The van der Waals surface area contributed by atoms with Crippen molar-refractivity contribution in [3.8, 4) is 5.75 Å². The van der Waals surface area contributed by atoms with Gasteiger partial charge in [-0.1, -0.05) is 6.07 Å². The maximum atomic E-state index is 12.4. The molecule has 0 atom stereocenters. The molecule has 0 radical (unpaired) electrons. The Morgan fingerprint density at radius 3 is 2.81 bits per heavy atom. The number of phenolic OH excluding ortho intramolecular Hbond substituents is 1. The van der Waals surface area contributed by atoms with Crippen LogP contribution in [0.1, 0.15) is 22.5 Å². The van der Waals surface area contributed by atoms with E-state index < -0.39 is 0 Å². The molecule has 0 fully saturated rings. The highest BCUT2D eigenvalue weighted by atomic mass is 16.3. The molecule has 2 aromatic rings. The van der Waals surface area contributed by atoms with E-state index in [0.29, 0.717) is 6.54 Å². The quantitative estimate of drug-likeness (QED) is 0.915. The Balaban J connectivity index is 1.73. The minimum absolute atomic E-state index is 0.0650. The number of hydrogen-bond acceptors (Lipinski definition) is 3. The highest BCUT2D eigenvalue weighted by Gasteiger charge is 2.21. The van der Waals surface area contributed by atoms with E-state index in [2.05, 4.69) is 5.10 Å². The first-order valence-corrected chi connectivity index (χ1v) is 7.12. The van der Waals surface area contributed by atoms with E-state index in [0.717, 1.165) is 29.9 Å². The van der Waals surface area contributed by atoms with Crippen LogP contribution in [0.25, 0.3) is 0 Å². The molecule has 1 aliphatic rings. The molecule has 0 aliphatic carbocycles. The summed E-state index contributed by atoms with van der Waals surface area (Å²) in [6.45, 7) is 5.43. The van der Waals surface area contributed by atoms with E-state index in [9.17, 15) is 9.90 Å². The van der Waals surface area contributed by atoms with E-state index >= 15 is 0 Å². The highest BCUT2D eigenvalue weighted by molar-refractivity contribution is 5.76. The van der Waals surface area contributed by atoms with Crippen LogP contribution < -0.4 is 0 Å². The van der Waals surface area contributed by atoms with Crippen LogP contribution in [-0.2, 0) is 24.3 Å². The van der Waals surface area contributed by atoms with Gasteiger partial charge in [-0.05, 0) is 49.6 Å². The Hall–Kier alpha value is -2.30. The third-order valence-corrected chi connectivity index (χ3v) is 3.94. The summed E-state index contributed by atoms with van der Waals surface area (Å²) in [6.07, 6.45) is 0.832.